The average molecular weight is 199 g/mol. The van der Waals surface area contributed by atoms with Gasteiger partial charge in [0.1, 0.15) is 0 Å². The maximum Gasteiger partial charge on any atom is 0.00670 e. The summed E-state index contributed by atoms with van der Waals surface area (Å²) in [6, 6.07) is 0.884. The Morgan fingerprint density at radius 3 is 2.00 bits per heavy atom. The van der Waals surface area contributed by atoms with Crippen molar-refractivity contribution in [1.29, 1.82) is 0 Å². The highest BCUT2D eigenvalue weighted by Gasteiger charge is 2.14. The van der Waals surface area contributed by atoms with Crippen molar-refractivity contribution >= 4 is 0 Å². The summed E-state index contributed by atoms with van der Waals surface area (Å²) in [6.07, 6.45) is 8.26. The lowest BCUT2D eigenvalue weighted by Gasteiger charge is -2.26. The van der Waals surface area contributed by atoms with Crippen LogP contribution in [-0.4, -0.2) is 12.6 Å². The van der Waals surface area contributed by atoms with E-state index in [4.69, 9.17) is 0 Å². The van der Waals surface area contributed by atoms with E-state index in [1.165, 1.54) is 45.1 Å². The Morgan fingerprint density at radius 1 is 1.14 bits per heavy atom. The van der Waals surface area contributed by atoms with Crippen LogP contribution in [0.25, 0.3) is 0 Å². The summed E-state index contributed by atoms with van der Waals surface area (Å²) in [4.78, 5) is 0. The van der Waals surface area contributed by atoms with Gasteiger partial charge in [-0.15, -0.1) is 0 Å². The minimum atomic E-state index is 0.884. The summed E-state index contributed by atoms with van der Waals surface area (Å²) in [5.41, 5.74) is 0. The molecule has 0 aliphatic heterocycles. The summed E-state index contributed by atoms with van der Waals surface area (Å²) in [7, 11) is 0. The molecule has 0 amide bonds. The lowest BCUT2D eigenvalue weighted by molar-refractivity contribution is 0.341. The molecule has 1 aliphatic rings. The van der Waals surface area contributed by atoms with Crippen molar-refractivity contribution in [3.63, 3.8) is 0 Å². The van der Waals surface area contributed by atoms with E-state index >= 15 is 0 Å². The molecule has 1 nitrogen and oxygen atoms in total. The van der Waals surface area contributed by atoms with Gasteiger partial charge < -0.3 is 5.32 Å². The molecule has 0 radical (unpaired) electrons. The third kappa shape index (κ3) is 8.55. The molecule has 0 aromatic heterocycles. The van der Waals surface area contributed by atoms with Gasteiger partial charge in [0, 0.05) is 6.04 Å². The zero-order valence-corrected chi connectivity index (χ0v) is 10.6. The number of nitrogens with one attached hydrogen (secondary N) is 1. The van der Waals surface area contributed by atoms with Crippen molar-refractivity contribution in [3.05, 3.63) is 0 Å². The molecule has 1 fully saturated rings. The molecule has 0 spiro atoms. The van der Waals surface area contributed by atoms with Gasteiger partial charge in [-0.3, -0.25) is 0 Å². The van der Waals surface area contributed by atoms with Gasteiger partial charge in [-0.2, -0.15) is 0 Å². The van der Waals surface area contributed by atoms with Crippen LogP contribution in [0, 0.1) is 5.92 Å². The highest BCUT2D eigenvalue weighted by atomic mass is 14.9. The molecule has 1 heteroatoms. The molecule has 0 aromatic rings. The smallest absolute Gasteiger partial charge is 0.00670 e. The minimum absolute atomic E-state index is 0.884. The van der Waals surface area contributed by atoms with Crippen LogP contribution in [0.15, 0.2) is 0 Å². The molecule has 1 rings (SSSR count). The number of hydrogen-bond donors (Lipinski definition) is 1. The van der Waals surface area contributed by atoms with Gasteiger partial charge in [0.2, 0.25) is 0 Å². The van der Waals surface area contributed by atoms with Crippen LogP contribution >= 0.6 is 0 Å². The van der Waals surface area contributed by atoms with Crippen LogP contribution in [0.5, 0.6) is 0 Å². The van der Waals surface area contributed by atoms with E-state index in [0.29, 0.717) is 0 Å². The van der Waals surface area contributed by atoms with Crippen LogP contribution in [0.2, 0.25) is 0 Å². The third-order valence-corrected chi connectivity index (χ3v) is 2.65. The molecular formula is C13H29N. The fraction of sp³-hybridized carbons (Fsp3) is 1.00. The molecule has 1 aliphatic carbocycles. The van der Waals surface area contributed by atoms with Crippen molar-refractivity contribution in [2.24, 2.45) is 5.92 Å². The number of hydrogen-bond acceptors (Lipinski definition) is 1. The Labute approximate surface area is 90.7 Å². The van der Waals surface area contributed by atoms with Crippen molar-refractivity contribution in [2.45, 2.75) is 72.3 Å². The van der Waals surface area contributed by atoms with Crippen molar-refractivity contribution in [1.82, 2.24) is 5.32 Å². The number of rotatable bonds is 5. The van der Waals surface area contributed by atoms with Crippen LogP contribution in [0.1, 0.15) is 66.2 Å². The predicted molar refractivity (Wildman–Crippen MR) is 65.7 cm³/mol. The van der Waals surface area contributed by atoms with E-state index in [-0.39, 0.29) is 0 Å². The summed E-state index contributed by atoms with van der Waals surface area (Å²) in [6.45, 7) is 10.2. The standard InChI is InChI=1S/C7H15N.C6H14/c1-2-6-8-7-4-3-5-7;1-4-5-6(2)3/h7-8H,2-6H2,1H3;6H,4-5H2,1-3H3. The second kappa shape index (κ2) is 9.51. The summed E-state index contributed by atoms with van der Waals surface area (Å²) in [5.74, 6) is 0.898. The Balaban J connectivity index is 0.000000255. The molecule has 0 aromatic carbocycles. The van der Waals surface area contributed by atoms with Crippen LogP contribution in [-0.2, 0) is 0 Å². The average Bonchev–Trinajstić information content (AvgIpc) is 2.02. The summed E-state index contributed by atoms with van der Waals surface area (Å²) in [5, 5.41) is 3.47. The van der Waals surface area contributed by atoms with Crippen LogP contribution < -0.4 is 5.32 Å². The first-order valence-electron chi connectivity index (χ1n) is 6.44. The fourth-order valence-electron chi connectivity index (χ4n) is 1.54. The van der Waals surface area contributed by atoms with E-state index in [0.717, 1.165) is 12.0 Å². The van der Waals surface area contributed by atoms with Gasteiger partial charge >= 0.3 is 0 Å². The molecule has 14 heavy (non-hydrogen) atoms. The quantitative estimate of drug-likeness (QED) is 0.706. The van der Waals surface area contributed by atoms with Gasteiger partial charge in [-0.05, 0) is 31.7 Å². The zero-order valence-electron chi connectivity index (χ0n) is 10.6. The first kappa shape index (κ1) is 14.0. The van der Waals surface area contributed by atoms with Gasteiger partial charge in [-0.1, -0.05) is 47.0 Å². The molecular weight excluding hydrogens is 170 g/mol. The van der Waals surface area contributed by atoms with Gasteiger partial charge in [-0.25, -0.2) is 0 Å². The topological polar surface area (TPSA) is 12.0 Å². The SMILES string of the molecule is CCCC(C)C.CCCNC1CCC1. The molecule has 1 saturated carbocycles. The third-order valence-electron chi connectivity index (χ3n) is 2.65. The Morgan fingerprint density at radius 2 is 1.79 bits per heavy atom. The van der Waals surface area contributed by atoms with E-state index in [1.54, 1.807) is 0 Å². The van der Waals surface area contributed by atoms with Gasteiger partial charge in [0.25, 0.3) is 0 Å². The van der Waals surface area contributed by atoms with Crippen LogP contribution in [0.3, 0.4) is 0 Å². The van der Waals surface area contributed by atoms with E-state index in [1.807, 2.05) is 0 Å². The molecule has 1 N–H and O–H groups in total. The van der Waals surface area contributed by atoms with E-state index in [9.17, 15) is 0 Å². The molecule has 0 bridgehead atoms. The first-order valence-corrected chi connectivity index (χ1v) is 6.44. The zero-order chi connectivity index (χ0) is 10.8. The summed E-state index contributed by atoms with van der Waals surface area (Å²) < 4.78 is 0. The predicted octanol–water partition coefficient (Wildman–Crippen LogP) is 3.98. The van der Waals surface area contributed by atoms with E-state index < -0.39 is 0 Å². The van der Waals surface area contributed by atoms with Gasteiger partial charge in [0.05, 0.1) is 0 Å². The molecule has 0 heterocycles. The fourth-order valence-corrected chi connectivity index (χ4v) is 1.54. The molecule has 0 atom stereocenters. The maximum absolute atomic E-state index is 3.47. The highest BCUT2D eigenvalue weighted by molar-refractivity contribution is 4.75. The van der Waals surface area contributed by atoms with E-state index in [2.05, 4.69) is 33.0 Å². The Bertz CT molecular complexity index is 106. The van der Waals surface area contributed by atoms with Crippen molar-refractivity contribution < 1.29 is 0 Å². The van der Waals surface area contributed by atoms with Crippen LogP contribution in [0.4, 0.5) is 0 Å². The Hall–Kier alpha value is -0.0400. The normalized spacial score (nSPS) is 16.1. The molecule has 0 unspecified atom stereocenters. The molecule has 0 saturated heterocycles. The second-order valence-corrected chi connectivity index (χ2v) is 4.76. The Kier molecular flexibility index (Phi) is 9.49. The first-order chi connectivity index (χ1) is 6.70. The lowest BCUT2D eigenvalue weighted by atomic mass is 9.93. The highest BCUT2D eigenvalue weighted by Crippen LogP contribution is 2.17. The van der Waals surface area contributed by atoms with Crippen molar-refractivity contribution in [2.75, 3.05) is 6.54 Å². The molecule has 86 valence electrons. The second-order valence-electron chi connectivity index (χ2n) is 4.76. The lowest BCUT2D eigenvalue weighted by Crippen LogP contribution is -2.35. The minimum Gasteiger partial charge on any atom is -0.314 e. The monoisotopic (exact) mass is 199 g/mol. The van der Waals surface area contributed by atoms with Crippen molar-refractivity contribution in [3.8, 4) is 0 Å². The maximum atomic E-state index is 3.47. The van der Waals surface area contributed by atoms with Gasteiger partial charge in [0.15, 0.2) is 0 Å². The largest absolute Gasteiger partial charge is 0.314 e. The summed E-state index contributed by atoms with van der Waals surface area (Å²) >= 11 is 0.